The highest BCUT2D eigenvalue weighted by Crippen LogP contribution is 2.24. The predicted molar refractivity (Wildman–Crippen MR) is 84.3 cm³/mol. The van der Waals surface area contributed by atoms with E-state index in [1.807, 2.05) is 31.2 Å². The van der Waals surface area contributed by atoms with Gasteiger partial charge in [0.25, 0.3) is 0 Å². The van der Waals surface area contributed by atoms with Crippen LogP contribution in [-0.2, 0) is 4.79 Å². The molecule has 0 heterocycles. The average molecular weight is 278 g/mol. The van der Waals surface area contributed by atoms with E-state index < -0.39 is 5.41 Å². The van der Waals surface area contributed by atoms with Gasteiger partial charge in [-0.05, 0) is 37.0 Å². The molecule has 0 aliphatic heterocycles. The second kappa shape index (κ2) is 6.15. The van der Waals surface area contributed by atoms with Gasteiger partial charge in [0.2, 0.25) is 5.91 Å². The summed E-state index contributed by atoms with van der Waals surface area (Å²) < 4.78 is 0. The van der Waals surface area contributed by atoms with Crippen LogP contribution < -0.4 is 11.1 Å². The van der Waals surface area contributed by atoms with Gasteiger partial charge >= 0.3 is 0 Å². The molecule has 0 spiro atoms. The summed E-state index contributed by atoms with van der Waals surface area (Å²) in [6.45, 7) is 7.94. The van der Waals surface area contributed by atoms with Crippen molar-refractivity contribution in [1.29, 1.82) is 0 Å². The molecule has 0 aromatic heterocycles. The number of rotatable bonds is 5. The molecule has 0 bridgehead atoms. The maximum absolute atomic E-state index is 12.2. The molecule has 19 heavy (non-hydrogen) atoms. The first-order chi connectivity index (χ1) is 8.81. The van der Waals surface area contributed by atoms with Crippen molar-refractivity contribution < 1.29 is 4.79 Å². The number of hydrogen-bond donors (Lipinski definition) is 2. The number of carbonyl (C=O) groups excluding carboxylic acids is 1. The van der Waals surface area contributed by atoms with Crippen LogP contribution in [0, 0.1) is 5.41 Å². The fraction of sp³-hybridized carbons (Fsp3) is 0.467. The van der Waals surface area contributed by atoms with E-state index in [1.54, 1.807) is 6.92 Å². The second-order valence-electron chi connectivity index (χ2n) is 5.28. The lowest BCUT2D eigenvalue weighted by molar-refractivity contribution is -0.121. The molecule has 1 aromatic rings. The zero-order valence-corrected chi connectivity index (χ0v) is 12.8. The van der Waals surface area contributed by atoms with Crippen LogP contribution in [-0.4, -0.2) is 10.9 Å². The van der Waals surface area contributed by atoms with Gasteiger partial charge in [-0.1, -0.05) is 45.1 Å². The van der Waals surface area contributed by atoms with Gasteiger partial charge in [0.15, 0.2) is 0 Å². The molecule has 1 rings (SSSR count). The molecule has 4 heteroatoms. The molecule has 0 saturated heterocycles. The Kier molecular flexibility index (Phi) is 5.06. The third kappa shape index (κ3) is 3.53. The largest absolute Gasteiger partial charge is 0.392 e. The topological polar surface area (TPSA) is 55.1 Å². The standard InChI is InChI=1S/C15H22N2OS/c1-5-15(4,13(16)19)14(18)17-12-8-6-11(7-9-12)10(2)3/h6-10H,5H2,1-4H3,(H2,16,19)(H,17,18). The van der Waals surface area contributed by atoms with Gasteiger partial charge in [-0.3, -0.25) is 4.79 Å². The summed E-state index contributed by atoms with van der Waals surface area (Å²) in [7, 11) is 0. The Labute approximate surface area is 120 Å². The Morgan fingerprint density at radius 2 is 1.89 bits per heavy atom. The van der Waals surface area contributed by atoms with Gasteiger partial charge < -0.3 is 11.1 Å². The minimum Gasteiger partial charge on any atom is -0.392 e. The first kappa shape index (κ1) is 15.6. The van der Waals surface area contributed by atoms with Crippen LogP contribution in [0.1, 0.15) is 45.6 Å². The maximum atomic E-state index is 12.2. The number of carbonyl (C=O) groups is 1. The van der Waals surface area contributed by atoms with Crippen LogP contribution in [0.2, 0.25) is 0 Å². The van der Waals surface area contributed by atoms with E-state index >= 15 is 0 Å². The fourth-order valence-electron chi connectivity index (χ4n) is 1.67. The van der Waals surface area contributed by atoms with Crippen molar-refractivity contribution >= 4 is 28.8 Å². The monoisotopic (exact) mass is 278 g/mol. The van der Waals surface area contributed by atoms with Gasteiger partial charge in [0.05, 0.1) is 10.4 Å². The first-order valence-corrected chi connectivity index (χ1v) is 6.93. The van der Waals surface area contributed by atoms with E-state index in [1.165, 1.54) is 5.56 Å². The predicted octanol–water partition coefficient (Wildman–Crippen LogP) is 3.45. The van der Waals surface area contributed by atoms with Gasteiger partial charge in [0, 0.05) is 5.69 Å². The number of thiocarbonyl (C=S) groups is 1. The Morgan fingerprint density at radius 1 is 1.37 bits per heavy atom. The number of nitrogens with one attached hydrogen (secondary N) is 1. The normalized spacial score (nSPS) is 13.9. The minimum atomic E-state index is -0.800. The molecular weight excluding hydrogens is 256 g/mol. The van der Waals surface area contributed by atoms with Crippen molar-refractivity contribution in [1.82, 2.24) is 0 Å². The zero-order chi connectivity index (χ0) is 14.6. The summed E-state index contributed by atoms with van der Waals surface area (Å²) in [5.41, 5.74) is 6.88. The molecule has 1 amide bonds. The van der Waals surface area contributed by atoms with Gasteiger partial charge in [-0.2, -0.15) is 0 Å². The Bertz CT molecular complexity index is 468. The van der Waals surface area contributed by atoms with Gasteiger partial charge in [0.1, 0.15) is 0 Å². The van der Waals surface area contributed by atoms with E-state index in [2.05, 4.69) is 19.2 Å². The Balaban J connectivity index is 2.85. The Morgan fingerprint density at radius 3 is 2.26 bits per heavy atom. The number of benzene rings is 1. The summed E-state index contributed by atoms with van der Waals surface area (Å²) in [4.78, 5) is 12.5. The molecule has 0 aliphatic rings. The minimum absolute atomic E-state index is 0.153. The highest BCUT2D eigenvalue weighted by atomic mass is 32.1. The number of nitrogens with two attached hydrogens (primary N) is 1. The molecule has 0 fully saturated rings. The van der Waals surface area contributed by atoms with E-state index in [0.29, 0.717) is 12.3 Å². The highest BCUT2D eigenvalue weighted by Gasteiger charge is 2.34. The van der Waals surface area contributed by atoms with Crippen molar-refractivity contribution in [2.24, 2.45) is 11.1 Å². The number of amides is 1. The molecule has 104 valence electrons. The van der Waals surface area contributed by atoms with Gasteiger partial charge in [-0.15, -0.1) is 0 Å². The fourth-order valence-corrected chi connectivity index (χ4v) is 1.90. The van der Waals surface area contributed by atoms with Crippen LogP contribution in [0.3, 0.4) is 0 Å². The molecular formula is C15H22N2OS. The lowest BCUT2D eigenvalue weighted by Crippen LogP contribution is -2.43. The number of hydrogen-bond acceptors (Lipinski definition) is 2. The lowest BCUT2D eigenvalue weighted by atomic mass is 9.86. The number of anilines is 1. The molecule has 0 aliphatic carbocycles. The highest BCUT2D eigenvalue weighted by molar-refractivity contribution is 7.80. The molecule has 1 atom stereocenters. The van der Waals surface area contributed by atoms with Crippen LogP contribution in [0.25, 0.3) is 0 Å². The molecule has 1 unspecified atom stereocenters. The summed E-state index contributed by atoms with van der Waals surface area (Å²) in [5, 5.41) is 2.87. The summed E-state index contributed by atoms with van der Waals surface area (Å²) in [6.07, 6.45) is 0.582. The van der Waals surface area contributed by atoms with E-state index in [4.69, 9.17) is 18.0 Å². The molecule has 0 radical (unpaired) electrons. The zero-order valence-electron chi connectivity index (χ0n) is 12.0. The first-order valence-electron chi connectivity index (χ1n) is 6.52. The van der Waals surface area contributed by atoms with Gasteiger partial charge in [-0.25, -0.2) is 0 Å². The molecule has 3 nitrogen and oxygen atoms in total. The second-order valence-corrected chi connectivity index (χ2v) is 5.72. The summed E-state index contributed by atoms with van der Waals surface area (Å²) in [6, 6.07) is 7.85. The third-order valence-corrected chi connectivity index (χ3v) is 4.04. The summed E-state index contributed by atoms with van der Waals surface area (Å²) in [5.74, 6) is 0.321. The van der Waals surface area contributed by atoms with Crippen LogP contribution >= 0.6 is 12.2 Å². The van der Waals surface area contributed by atoms with Crippen molar-refractivity contribution in [3.8, 4) is 0 Å². The SMILES string of the molecule is CCC(C)(C(=O)Nc1ccc(C(C)C)cc1)C(N)=S. The lowest BCUT2D eigenvalue weighted by Gasteiger charge is -2.25. The van der Waals surface area contributed by atoms with E-state index in [0.717, 1.165) is 5.69 Å². The molecule has 3 N–H and O–H groups in total. The van der Waals surface area contributed by atoms with Crippen molar-refractivity contribution in [2.75, 3.05) is 5.32 Å². The molecule has 1 aromatic carbocycles. The van der Waals surface area contributed by atoms with E-state index in [-0.39, 0.29) is 10.9 Å². The van der Waals surface area contributed by atoms with Crippen molar-refractivity contribution in [2.45, 2.75) is 40.0 Å². The van der Waals surface area contributed by atoms with Crippen molar-refractivity contribution in [3.63, 3.8) is 0 Å². The summed E-state index contributed by atoms with van der Waals surface area (Å²) >= 11 is 4.99. The van der Waals surface area contributed by atoms with Crippen LogP contribution in [0.15, 0.2) is 24.3 Å². The van der Waals surface area contributed by atoms with E-state index in [9.17, 15) is 4.79 Å². The third-order valence-electron chi connectivity index (χ3n) is 3.59. The van der Waals surface area contributed by atoms with Crippen molar-refractivity contribution in [3.05, 3.63) is 29.8 Å². The van der Waals surface area contributed by atoms with Crippen LogP contribution in [0.5, 0.6) is 0 Å². The maximum Gasteiger partial charge on any atom is 0.237 e. The average Bonchev–Trinajstić information content (AvgIpc) is 2.37. The van der Waals surface area contributed by atoms with Crippen LogP contribution in [0.4, 0.5) is 5.69 Å². The quantitative estimate of drug-likeness (QED) is 0.811. The molecule has 0 saturated carbocycles. The smallest absolute Gasteiger partial charge is 0.237 e. The Hall–Kier alpha value is -1.42.